The number of rotatable bonds is 9. The van der Waals surface area contributed by atoms with Gasteiger partial charge in [-0.1, -0.05) is 61.7 Å². The third-order valence-corrected chi connectivity index (χ3v) is 8.29. The molecule has 1 N–H and O–H groups in total. The number of imidazole rings is 1. The molecular formula is C34H40N4O3. The predicted molar refractivity (Wildman–Crippen MR) is 161 cm³/mol. The van der Waals surface area contributed by atoms with Crippen LogP contribution in [-0.2, 0) is 20.9 Å². The number of nitrogens with one attached hydrogen (secondary N) is 1. The van der Waals surface area contributed by atoms with Crippen molar-refractivity contribution < 1.29 is 14.3 Å². The van der Waals surface area contributed by atoms with Gasteiger partial charge >= 0.3 is 0 Å². The van der Waals surface area contributed by atoms with Crippen LogP contribution in [0.1, 0.15) is 73.0 Å². The highest BCUT2D eigenvalue weighted by Gasteiger charge is 2.35. The van der Waals surface area contributed by atoms with Crippen LogP contribution in [0.2, 0.25) is 0 Å². The SMILES string of the molecule is COC1=CC(c2cccc(N(C(=O)Cn3ccnc3C)C(C(=O)NC3CCCCC3)c3ccccc3C)c2)CC=C1. The first kappa shape index (κ1) is 28.4. The molecule has 2 amide bonds. The fourth-order valence-corrected chi connectivity index (χ4v) is 5.97. The predicted octanol–water partition coefficient (Wildman–Crippen LogP) is 6.30. The number of aryl methyl sites for hydroxylation is 2. The normalized spacial score (nSPS) is 17.9. The van der Waals surface area contributed by atoms with Gasteiger partial charge in [-0.3, -0.25) is 14.5 Å². The van der Waals surface area contributed by atoms with Gasteiger partial charge in [0, 0.05) is 30.0 Å². The van der Waals surface area contributed by atoms with Crippen LogP contribution in [0.15, 0.2) is 84.9 Å². The van der Waals surface area contributed by atoms with Gasteiger partial charge in [-0.15, -0.1) is 0 Å². The molecule has 7 nitrogen and oxygen atoms in total. The van der Waals surface area contributed by atoms with Gasteiger partial charge in [0.05, 0.1) is 7.11 Å². The molecule has 0 aliphatic heterocycles. The van der Waals surface area contributed by atoms with Crippen molar-refractivity contribution in [3.8, 4) is 0 Å². The van der Waals surface area contributed by atoms with Crippen LogP contribution < -0.4 is 10.2 Å². The summed E-state index contributed by atoms with van der Waals surface area (Å²) in [6, 6.07) is 15.2. The molecule has 2 aliphatic carbocycles. The van der Waals surface area contributed by atoms with Crippen molar-refractivity contribution in [1.29, 1.82) is 0 Å². The molecule has 1 fully saturated rings. The molecular weight excluding hydrogens is 512 g/mol. The number of benzene rings is 2. The van der Waals surface area contributed by atoms with Crippen molar-refractivity contribution in [3.05, 3.63) is 107 Å². The van der Waals surface area contributed by atoms with E-state index in [-0.39, 0.29) is 30.3 Å². The Labute approximate surface area is 242 Å². The molecule has 0 spiro atoms. The number of hydrogen-bond donors (Lipinski definition) is 1. The maximum absolute atomic E-state index is 14.3. The van der Waals surface area contributed by atoms with E-state index in [9.17, 15) is 9.59 Å². The Morgan fingerprint density at radius 3 is 2.63 bits per heavy atom. The molecule has 214 valence electrons. The molecule has 41 heavy (non-hydrogen) atoms. The zero-order chi connectivity index (χ0) is 28.8. The van der Waals surface area contributed by atoms with Gasteiger partial charge in [0.1, 0.15) is 24.2 Å². The highest BCUT2D eigenvalue weighted by molar-refractivity contribution is 6.01. The summed E-state index contributed by atoms with van der Waals surface area (Å²) in [4.78, 5) is 34.6. The summed E-state index contributed by atoms with van der Waals surface area (Å²) in [7, 11) is 1.67. The molecule has 3 aromatic rings. The largest absolute Gasteiger partial charge is 0.497 e. The van der Waals surface area contributed by atoms with E-state index in [0.717, 1.165) is 60.4 Å². The fourth-order valence-electron chi connectivity index (χ4n) is 5.97. The molecule has 0 saturated heterocycles. The second-order valence-electron chi connectivity index (χ2n) is 11.1. The van der Waals surface area contributed by atoms with Crippen LogP contribution in [0.3, 0.4) is 0 Å². The lowest BCUT2D eigenvalue weighted by molar-refractivity contribution is -0.127. The molecule has 7 heteroatoms. The van der Waals surface area contributed by atoms with Crippen molar-refractivity contribution >= 4 is 17.5 Å². The standard InChI is InChI=1S/C34H40N4O3/c1-24-11-7-8-18-31(24)33(34(40)36-28-14-5-4-6-15-28)38(32(39)23-37-20-19-35-25(37)2)29-16-9-12-26(21-29)27-13-10-17-30(22-27)41-3/h7-12,16-22,27-28,33H,4-6,13-15,23H2,1-3H3,(H,36,40). The Morgan fingerprint density at radius 1 is 1.10 bits per heavy atom. The van der Waals surface area contributed by atoms with Crippen molar-refractivity contribution in [2.24, 2.45) is 0 Å². The molecule has 1 heterocycles. The number of allylic oxidation sites excluding steroid dienone is 3. The Kier molecular flexibility index (Phi) is 9.02. The highest BCUT2D eigenvalue weighted by atomic mass is 16.5. The lowest BCUT2D eigenvalue weighted by Gasteiger charge is -2.34. The molecule has 2 aliphatic rings. The Bertz CT molecular complexity index is 1430. The number of methoxy groups -OCH3 is 1. The van der Waals surface area contributed by atoms with E-state index in [2.05, 4.69) is 28.5 Å². The van der Waals surface area contributed by atoms with E-state index in [1.54, 1.807) is 24.4 Å². The fraction of sp³-hybridized carbons (Fsp3) is 0.382. The first-order valence-corrected chi connectivity index (χ1v) is 14.6. The van der Waals surface area contributed by atoms with E-state index in [1.165, 1.54) is 6.42 Å². The first-order chi connectivity index (χ1) is 19.9. The van der Waals surface area contributed by atoms with Crippen LogP contribution in [0.25, 0.3) is 0 Å². The number of hydrogen-bond acceptors (Lipinski definition) is 4. The van der Waals surface area contributed by atoms with Crippen LogP contribution in [0.4, 0.5) is 5.69 Å². The van der Waals surface area contributed by atoms with Crippen LogP contribution in [-0.4, -0.2) is 34.5 Å². The van der Waals surface area contributed by atoms with Gasteiger partial charge in [0.2, 0.25) is 11.8 Å². The summed E-state index contributed by atoms with van der Waals surface area (Å²) < 4.78 is 7.32. The van der Waals surface area contributed by atoms with E-state index < -0.39 is 6.04 Å². The number of nitrogens with zero attached hydrogens (tertiary/aromatic N) is 3. The first-order valence-electron chi connectivity index (χ1n) is 14.6. The van der Waals surface area contributed by atoms with Gasteiger partial charge in [0.25, 0.3) is 0 Å². The van der Waals surface area contributed by atoms with E-state index in [4.69, 9.17) is 4.74 Å². The third kappa shape index (κ3) is 6.62. The summed E-state index contributed by atoms with van der Waals surface area (Å²) in [5.74, 6) is 1.36. The number of anilines is 1. The van der Waals surface area contributed by atoms with Crippen LogP contribution in [0.5, 0.6) is 0 Å². The molecule has 0 bridgehead atoms. The minimum Gasteiger partial charge on any atom is -0.497 e. The summed E-state index contributed by atoms with van der Waals surface area (Å²) in [5, 5.41) is 3.32. The lowest BCUT2D eigenvalue weighted by Crippen LogP contribution is -2.48. The Morgan fingerprint density at radius 2 is 1.90 bits per heavy atom. The molecule has 0 radical (unpaired) electrons. The van der Waals surface area contributed by atoms with Crippen molar-refractivity contribution in [1.82, 2.24) is 14.9 Å². The summed E-state index contributed by atoms with van der Waals surface area (Å²) in [6.45, 7) is 3.96. The summed E-state index contributed by atoms with van der Waals surface area (Å²) in [5.41, 5.74) is 3.55. The van der Waals surface area contributed by atoms with Crippen LogP contribution in [0, 0.1) is 13.8 Å². The lowest BCUT2D eigenvalue weighted by atomic mass is 9.91. The van der Waals surface area contributed by atoms with Gasteiger partial charge in [-0.05, 0) is 74.1 Å². The van der Waals surface area contributed by atoms with Crippen LogP contribution >= 0.6 is 0 Å². The van der Waals surface area contributed by atoms with Crippen molar-refractivity contribution in [2.45, 2.75) is 76.9 Å². The van der Waals surface area contributed by atoms with Crippen molar-refractivity contribution in [3.63, 3.8) is 0 Å². The minimum absolute atomic E-state index is 0.0784. The van der Waals surface area contributed by atoms with Gasteiger partial charge in [-0.25, -0.2) is 4.98 Å². The topological polar surface area (TPSA) is 76.5 Å². The smallest absolute Gasteiger partial charge is 0.248 e. The zero-order valence-electron chi connectivity index (χ0n) is 24.3. The monoisotopic (exact) mass is 552 g/mol. The maximum atomic E-state index is 14.3. The number of ether oxygens (including phenoxy) is 1. The van der Waals surface area contributed by atoms with E-state index >= 15 is 0 Å². The number of carbonyl (C=O) groups is 2. The number of amides is 2. The molecule has 2 unspecified atom stereocenters. The average molecular weight is 553 g/mol. The molecule has 5 rings (SSSR count). The zero-order valence-corrected chi connectivity index (χ0v) is 24.3. The quantitative estimate of drug-likeness (QED) is 0.338. The van der Waals surface area contributed by atoms with E-state index in [0.29, 0.717) is 5.69 Å². The second kappa shape index (κ2) is 13.0. The van der Waals surface area contributed by atoms with Gasteiger partial charge < -0.3 is 14.6 Å². The van der Waals surface area contributed by atoms with Gasteiger partial charge in [-0.2, -0.15) is 0 Å². The van der Waals surface area contributed by atoms with Gasteiger partial charge in [0.15, 0.2) is 0 Å². The number of carbonyl (C=O) groups excluding carboxylic acids is 2. The Hall–Kier alpha value is -4.13. The minimum atomic E-state index is -0.818. The summed E-state index contributed by atoms with van der Waals surface area (Å²) in [6.07, 6.45) is 15.9. The van der Waals surface area contributed by atoms with E-state index in [1.807, 2.05) is 67.0 Å². The molecule has 1 saturated carbocycles. The average Bonchev–Trinajstić information content (AvgIpc) is 3.40. The van der Waals surface area contributed by atoms with Crippen molar-refractivity contribution in [2.75, 3.05) is 12.0 Å². The third-order valence-electron chi connectivity index (χ3n) is 8.29. The molecule has 2 aromatic carbocycles. The second-order valence-corrected chi connectivity index (χ2v) is 11.1. The molecule has 1 aromatic heterocycles. The number of aromatic nitrogens is 2. The molecule has 2 atom stereocenters. The maximum Gasteiger partial charge on any atom is 0.248 e. The summed E-state index contributed by atoms with van der Waals surface area (Å²) >= 11 is 0. The highest BCUT2D eigenvalue weighted by Crippen LogP contribution is 2.35. The Balaban J connectivity index is 1.59.